The van der Waals surface area contributed by atoms with E-state index in [4.69, 9.17) is 0 Å². The molecule has 0 spiro atoms. The highest BCUT2D eigenvalue weighted by Crippen LogP contribution is 2.32. The molecule has 1 aliphatic rings. The van der Waals surface area contributed by atoms with Crippen LogP contribution in [0.1, 0.15) is 60.6 Å². The Bertz CT molecular complexity index is 491. The minimum Gasteiger partial charge on any atom is -0.478 e. The van der Waals surface area contributed by atoms with E-state index in [-0.39, 0.29) is 5.54 Å². The molecular weight excluding hydrogens is 240 g/mol. The van der Waals surface area contributed by atoms with Crippen LogP contribution in [0.4, 0.5) is 5.82 Å². The number of carboxylic acids is 1. The maximum Gasteiger partial charge on any atom is 0.339 e. The number of aromatic carboxylic acids is 1. The molecule has 0 atom stereocenters. The van der Waals surface area contributed by atoms with Crippen LogP contribution in [-0.2, 0) is 0 Å². The molecule has 1 aromatic heterocycles. The van der Waals surface area contributed by atoms with E-state index in [9.17, 15) is 9.90 Å². The van der Waals surface area contributed by atoms with Crippen molar-refractivity contribution in [3.63, 3.8) is 0 Å². The Balaban J connectivity index is 2.35. The largest absolute Gasteiger partial charge is 0.478 e. The van der Waals surface area contributed by atoms with Crippen LogP contribution in [0.15, 0.2) is 6.07 Å². The molecule has 0 unspecified atom stereocenters. The number of pyridine rings is 1. The van der Waals surface area contributed by atoms with Gasteiger partial charge < -0.3 is 10.4 Å². The molecule has 4 heteroatoms. The number of nitrogens with zero attached hydrogens (tertiary/aromatic N) is 1. The zero-order chi connectivity index (χ0) is 14.0. The van der Waals surface area contributed by atoms with Crippen LogP contribution in [-0.4, -0.2) is 21.6 Å². The third-order valence-electron chi connectivity index (χ3n) is 3.94. The summed E-state index contributed by atoms with van der Waals surface area (Å²) in [6.07, 6.45) is 5.79. The van der Waals surface area contributed by atoms with Crippen LogP contribution in [0.25, 0.3) is 0 Å². The molecule has 2 rings (SSSR count). The molecule has 0 amide bonds. The molecule has 0 aromatic carbocycles. The summed E-state index contributed by atoms with van der Waals surface area (Å²) in [5.74, 6) is -0.388. The third-order valence-corrected chi connectivity index (χ3v) is 3.94. The van der Waals surface area contributed by atoms with Crippen molar-refractivity contribution in [1.82, 2.24) is 4.98 Å². The second-order valence-corrected chi connectivity index (χ2v) is 5.86. The Morgan fingerprint density at radius 1 is 1.32 bits per heavy atom. The molecule has 1 fully saturated rings. The smallest absolute Gasteiger partial charge is 0.339 e. The fourth-order valence-electron chi connectivity index (χ4n) is 2.94. The summed E-state index contributed by atoms with van der Waals surface area (Å²) in [4.78, 5) is 15.8. The average Bonchev–Trinajstić information content (AvgIpc) is 2.27. The lowest BCUT2D eigenvalue weighted by atomic mass is 9.83. The molecule has 1 aromatic rings. The van der Waals surface area contributed by atoms with E-state index in [0.29, 0.717) is 11.4 Å². The Morgan fingerprint density at radius 2 is 1.95 bits per heavy atom. The fourth-order valence-corrected chi connectivity index (χ4v) is 2.94. The second kappa shape index (κ2) is 5.19. The van der Waals surface area contributed by atoms with E-state index in [0.717, 1.165) is 24.1 Å². The van der Waals surface area contributed by atoms with Gasteiger partial charge in [0.2, 0.25) is 0 Å². The monoisotopic (exact) mass is 262 g/mol. The zero-order valence-corrected chi connectivity index (χ0v) is 11.9. The first kappa shape index (κ1) is 13.8. The van der Waals surface area contributed by atoms with Gasteiger partial charge in [-0.1, -0.05) is 19.3 Å². The highest BCUT2D eigenvalue weighted by molar-refractivity contribution is 5.95. The van der Waals surface area contributed by atoms with E-state index >= 15 is 0 Å². The molecule has 1 aliphatic carbocycles. The van der Waals surface area contributed by atoms with Gasteiger partial charge in [0.1, 0.15) is 11.4 Å². The molecule has 104 valence electrons. The zero-order valence-electron chi connectivity index (χ0n) is 11.9. The number of nitrogens with one attached hydrogen (secondary N) is 1. The quantitative estimate of drug-likeness (QED) is 0.874. The molecule has 0 bridgehead atoms. The Labute approximate surface area is 114 Å². The van der Waals surface area contributed by atoms with Gasteiger partial charge in [-0.25, -0.2) is 9.78 Å². The standard InChI is InChI=1S/C15H22N2O2/c1-10-9-11(2)16-13(12(10)14(18)19)17-15(3)7-5-4-6-8-15/h9H,4-8H2,1-3H3,(H,16,17)(H,18,19). The first-order chi connectivity index (χ1) is 8.91. The number of hydrogen-bond acceptors (Lipinski definition) is 3. The van der Waals surface area contributed by atoms with Crippen LogP contribution in [0.3, 0.4) is 0 Å². The lowest BCUT2D eigenvalue weighted by Crippen LogP contribution is -2.37. The number of carbonyl (C=O) groups is 1. The SMILES string of the molecule is Cc1cc(C)c(C(=O)O)c(NC2(C)CCCCC2)n1. The Morgan fingerprint density at radius 3 is 2.53 bits per heavy atom. The van der Waals surface area contributed by atoms with Crippen molar-refractivity contribution < 1.29 is 9.90 Å². The van der Waals surface area contributed by atoms with Crippen molar-refractivity contribution in [2.24, 2.45) is 0 Å². The molecule has 19 heavy (non-hydrogen) atoms. The molecule has 0 saturated heterocycles. The van der Waals surface area contributed by atoms with E-state index < -0.39 is 5.97 Å². The molecule has 1 heterocycles. The van der Waals surface area contributed by atoms with Gasteiger partial charge in [0.05, 0.1) is 0 Å². The van der Waals surface area contributed by atoms with Gasteiger partial charge in [-0.15, -0.1) is 0 Å². The predicted octanol–water partition coefficient (Wildman–Crippen LogP) is 3.53. The van der Waals surface area contributed by atoms with Crippen molar-refractivity contribution in [2.45, 2.75) is 58.4 Å². The second-order valence-electron chi connectivity index (χ2n) is 5.86. The van der Waals surface area contributed by atoms with Crippen molar-refractivity contribution >= 4 is 11.8 Å². The molecule has 1 saturated carbocycles. The van der Waals surface area contributed by atoms with Gasteiger partial charge >= 0.3 is 5.97 Å². The van der Waals surface area contributed by atoms with Crippen LogP contribution >= 0.6 is 0 Å². The normalized spacial score (nSPS) is 18.1. The number of anilines is 1. The highest BCUT2D eigenvalue weighted by atomic mass is 16.4. The van der Waals surface area contributed by atoms with Gasteiger partial charge in [-0.3, -0.25) is 0 Å². The van der Waals surface area contributed by atoms with Crippen molar-refractivity contribution in [3.05, 3.63) is 22.9 Å². The minimum absolute atomic E-state index is 0.0321. The van der Waals surface area contributed by atoms with Crippen molar-refractivity contribution in [1.29, 1.82) is 0 Å². The van der Waals surface area contributed by atoms with Gasteiger partial charge in [0.25, 0.3) is 0 Å². The number of aryl methyl sites for hydroxylation is 2. The molecule has 0 aliphatic heterocycles. The first-order valence-corrected chi connectivity index (χ1v) is 6.91. The first-order valence-electron chi connectivity index (χ1n) is 6.91. The summed E-state index contributed by atoms with van der Waals surface area (Å²) < 4.78 is 0. The lowest BCUT2D eigenvalue weighted by molar-refractivity contribution is 0.0696. The van der Waals surface area contributed by atoms with E-state index in [1.54, 1.807) is 0 Å². The van der Waals surface area contributed by atoms with Gasteiger partial charge in [0.15, 0.2) is 0 Å². The summed E-state index contributed by atoms with van der Waals surface area (Å²) >= 11 is 0. The van der Waals surface area contributed by atoms with E-state index in [2.05, 4.69) is 17.2 Å². The fraction of sp³-hybridized carbons (Fsp3) is 0.600. The minimum atomic E-state index is -0.910. The molecule has 4 nitrogen and oxygen atoms in total. The van der Waals surface area contributed by atoms with E-state index in [1.165, 1.54) is 19.3 Å². The summed E-state index contributed by atoms with van der Waals surface area (Å²) in [6.45, 7) is 5.89. The maximum atomic E-state index is 11.4. The molecule has 0 radical (unpaired) electrons. The van der Waals surface area contributed by atoms with Gasteiger partial charge in [-0.2, -0.15) is 0 Å². The number of rotatable bonds is 3. The van der Waals surface area contributed by atoms with Gasteiger partial charge in [0, 0.05) is 11.2 Å². The maximum absolute atomic E-state index is 11.4. The molecular formula is C15H22N2O2. The van der Waals surface area contributed by atoms with Crippen LogP contribution in [0.5, 0.6) is 0 Å². The molecule has 2 N–H and O–H groups in total. The Kier molecular flexibility index (Phi) is 3.78. The summed E-state index contributed by atoms with van der Waals surface area (Å²) in [7, 11) is 0. The van der Waals surface area contributed by atoms with Crippen molar-refractivity contribution in [2.75, 3.05) is 5.32 Å². The predicted molar refractivity (Wildman–Crippen MR) is 75.8 cm³/mol. The average molecular weight is 262 g/mol. The van der Waals surface area contributed by atoms with Crippen LogP contribution in [0.2, 0.25) is 0 Å². The summed E-state index contributed by atoms with van der Waals surface area (Å²) in [5.41, 5.74) is 1.89. The number of aromatic nitrogens is 1. The summed E-state index contributed by atoms with van der Waals surface area (Å²) in [6, 6.07) is 1.82. The van der Waals surface area contributed by atoms with Crippen molar-refractivity contribution in [3.8, 4) is 0 Å². The third kappa shape index (κ3) is 3.06. The van der Waals surface area contributed by atoms with E-state index in [1.807, 2.05) is 19.9 Å². The number of hydrogen-bond donors (Lipinski definition) is 2. The van der Waals surface area contributed by atoms with Crippen LogP contribution < -0.4 is 5.32 Å². The Hall–Kier alpha value is -1.58. The highest BCUT2D eigenvalue weighted by Gasteiger charge is 2.29. The van der Waals surface area contributed by atoms with Crippen LogP contribution in [0, 0.1) is 13.8 Å². The summed E-state index contributed by atoms with van der Waals surface area (Å²) in [5, 5.41) is 12.8. The van der Waals surface area contributed by atoms with Gasteiger partial charge in [-0.05, 0) is 45.2 Å². The number of carboxylic acid groups (broad SMARTS) is 1. The lowest BCUT2D eigenvalue weighted by Gasteiger charge is -2.35. The topological polar surface area (TPSA) is 62.2 Å².